The Labute approximate surface area is 139 Å². The molecule has 4 heteroatoms. The number of hydrogen-bond acceptors (Lipinski definition) is 2. The van der Waals surface area contributed by atoms with E-state index in [0.717, 1.165) is 38.7 Å². The molecule has 0 spiro atoms. The molecule has 2 aromatic carbocycles. The first-order valence-electron chi connectivity index (χ1n) is 7.40. The molecule has 112 valence electrons. The van der Waals surface area contributed by atoms with Crippen molar-refractivity contribution in [2.75, 3.05) is 0 Å². The van der Waals surface area contributed by atoms with Gasteiger partial charge in [0.05, 0.1) is 17.1 Å². The molecule has 4 rings (SSSR count). The molecule has 23 heavy (non-hydrogen) atoms. The molecule has 0 aliphatic rings. The lowest BCUT2D eigenvalue weighted by Gasteiger charge is -2.05. The highest BCUT2D eigenvalue weighted by molar-refractivity contribution is 6.30. The summed E-state index contributed by atoms with van der Waals surface area (Å²) in [6.45, 7) is 2.01. The van der Waals surface area contributed by atoms with Crippen LogP contribution in [0.1, 0.15) is 5.69 Å². The molecule has 0 N–H and O–H groups in total. The third kappa shape index (κ3) is 2.49. The fourth-order valence-electron chi connectivity index (χ4n) is 2.67. The molecule has 2 heterocycles. The summed E-state index contributed by atoms with van der Waals surface area (Å²) < 4.78 is 1.89. The van der Waals surface area contributed by atoms with Crippen molar-refractivity contribution in [1.29, 1.82) is 0 Å². The maximum Gasteiger partial charge on any atom is 0.163 e. The summed E-state index contributed by atoms with van der Waals surface area (Å²) in [5.74, 6) is 0. The Hall–Kier alpha value is -2.65. The third-order valence-corrected chi connectivity index (χ3v) is 4.11. The minimum absolute atomic E-state index is 0.722. The second-order valence-electron chi connectivity index (χ2n) is 5.41. The SMILES string of the molecule is Cc1nn(-c2ccccc2)c2nc(-c3ccc(Cl)cc3)ccc12. The van der Waals surface area contributed by atoms with Crippen molar-refractivity contribution in [2.45, 2.75) is 6.92 Å². The predicted molar refractivity (Wildman–Crippen MR) is 94.0 cm³/mol. The van der Waals surface area contributed by atoms with Crippen molar-refractivity contribution in [1.82, 2.24) is 14.8 Å². The van der Waals surface area contributed by atoms with Gasteiger partial charge in [0, 0.05) is 16.0 Å². The van der Waals surface area contributed by atoms with Crippen LogP contribution in [-0.2, 0) is 0 Å². The smallest absolute Gasteiger partial charge is 0.163 e. The van der Waals surface area contributed by atoms with Gasteiger partial charge in [0.15, 0.2) is 5.65 Å². The van der Waals surface area contributed by atoms with Crippen LogP contribution in [0.5, 0.6) is 0 Å². The van der Waals surface area contributed by atoms with Crippen molar-refractivity contribution >= 4 is 22.6 Å². The number of hydrogen-bond donors (Lipinski definition) is 0. The summed E-state index contributed by atoms with van der Waals surface area (Å²) in [4.78, 5) is 4.83. The van der Waals surface area contributed by atoms with Gasteiger partial charge in [-0.2, -0.15) is 5.10 Å². The zero-order valence-corrected chi connectivity index (χ0v) is 13.3. The van der Waals surface area contributed by atoms with Gasteiger partial charge in [-0.15, -0.1) is 0 Å². The fourth-order valence-corrected chi connectivity index (χ4v) is 2.80. The summed E-state index contributed by atoms with van der Waals surface area (Å²) in [7, 11) is 0. The lowest BCUT2D eigenvalue weighted by atomic mass is 10.1. The number of pyridine rings is 1. The van der Waals surface area contributed by atoms with Gasteiger partial charge < -0.3 is 0 Å². The number of rotatable bonds is 2. The van der Waals surface area contributed by atoms with Crippen LogP contribution in [0.25, 0.3) is 28.0 Å². The van der Waals surface area contributed by atoms with E-state index in [1.807, 2.05) is 72.3 Å². The highest BCUT2D eigenvalue weighted by atomic mass is 35.5. The molecule has 0 unspecified atom stereocenters. The molecule has 0 amide bonds. The molecule has 3 nitrogen and oxygen atoms in total. The number of benzene rings is 2. The maximum atomic E-state index is 5.97. The number of fused-ring (bicyclic) bond motifs is 1. The average Bonchev–Trinajstić information content (AvgIpc) is 2.93. The van der Waals surface area contributed by atoms with E-state index >= 15 is 0 Å². The van der Waals surface area contributed by atoms with Gasteiger partial charge in [-0.05, 0) is 43.3 Å². The minimum atomic E-state index is 0.722. The van der Waals surface area contributed by atoms with Crippen molar-refractivity contribution in [3.05, 3.63) is 77.4 Å². The summed E-state index contributed by atoms with van der Waals surface area (Å²) in [5.41, 5.74) is 4.78. The summed E-state index contributed by atoms with van der Waals surface area (Å²) in [6, 6.07) is 21.9. The van der Waals surface area contributed by atoms with Gasteiger partial charge in [-0.1, -0.05) is 41.9 Å². The predicted octanol–water partition coefficient (Wildman–Crippen LogP) is 5.05. The number of aromatic nitrogens is 3. The van der Waals surface area contributed by atoms with Crippen LogP contribution in [0, 0.1) is 6.92 Å². The Morgan fingerprint density at radius 1 is 0.870 bits per heavy atom. The Balaban J connectivity index is 1.92. The molecule has 0 aliphatic carbocycles. The van der Waals surface area contributed by atoms with Crippen molar-refractivity contribution < 1.29 is 0 Å². The Morgan fingerprint density at radius 2 is 1.61 bits per heavy atom. The van der Waals surface area contributed by atoms with E-state index in [2.05, 4.69) is 11.2 Å². The van der Waals surface area contributed by atoms with E-state index < -0.39 is 0 Å². The second kappa shape index (κ2) is 5.52. The Kier molecular flexibility index (Phi) is 3.36. The first kappa shape index (κ1) is 14.0. The van der Waals surface area contributed by atoms with Gasteiger partial charge in [-0.3, -0.25) is 0 Å². The molecule has 0 aliphatic heterocycles. The van der Waals surface area contributed by atoms with Gasteiger partial charge in [0.2, 0.25) is 0 Å². The van der Waals surface area contributed by atoms with E-state index in [4.69, 9.17) is 16.6 Å². The maximum absolute atomic E-state index is 5.97. The lowest BCUT2D eigenvalue weighted by Crippen LogP contribution is -1.98. The number of para-hydroxylation sites is 1. The largest absolute Gasteiger partial charge is 0.228 e. The number of aryl methyl sites for hydroxylation is 1. The van der Waals surface area contributed by atoms with E-state index in [0.29, 0.717) is 0 Å². The lowest BCUT2D eigenvalue weighted by molar-refractivity contribution is 0.878. The zero-order chi connectivity index (χ0) is 15.8. The fraction of sp³-hybridized carbons (Fsp3) is 0.0526. The van der Waals surface area contributed by atoms with Crippen LogP contribution in [0.15, 0.2) is 66.7 Å². The van der Waals surface area contributed by atoms with Crippen LogP contribution in [-0.4, -0.2) is 14.8 Å². The third-order valence-electron chi connectivity index (χ3n) is 3.86. The van der Waals surface area contributed by atoms with Crippen molar-refractivity contribution in [3.63, 3.8) is 0 Å². The van der Waals surface area contributed by atoms with Gasteiger partial charge in [0.1, 0.15) is 0 Å². The quantitative estimate of drug-likeness (QED) is 0.517. The highest BCUT2D eigenvalue weighted by Crippen LogP contribution is 2.25. The van der Waals surface area contributed by atoms with E-state index in [9.17, 15) is 0 Å². The second-order valence-corrected chi connectivity index (χ2v) is 5.84. The van der Waals surface area contributed by atoms with E-state index in [1.54, 1.807) is 0 Å². The molecule has 4 aromatic rings. The zero-order valence-electron chi connectivity index (χ0n) is 12.6. The van der Waals surface area contributed by atoms with Gasteiger partial charge >= 0.3 is 0 Å². The Bertz CT molecular complexity index is 973. The monoisotopic (exact) mass is 319 g/mol. The molecule has 0 bridgehead atoms. The van der Waals surface area contributed by atoms with Crippen LogP contribution in [0.4, 0.5) is 0 Å². The average molecular weight is 320 g/mol. The molecule has 0 saturated heterocycles. The highest BCUT2D eigenvalue weighted by Gasteiger charge is 2.11. The van der Waals surface area contributed by atoms with Crippen molar-refractivity contribution in [2.24, 2.45) is 0 Å². The first-order valence-corrected chi connectivity index (χ1v) is 7.78. The van der Waals surface area contributed by atoms with E-state index in [-0.39, 0.29) is 0 Å². The van der Waals surface area contributed by atoms with Gasteiger partial charge in [0.25, 0.3) is 0 Å². The van der Waals surface area contributed by atoms with Crippen LogP contribution in [0.3, 0.4) is 0 Å². The van der Waals surface area contributed by atoms with Crippen molar-refractivity contribution in [3.8, 4) is 16.9 Å². The number of nitrogens with zero attached hydrogens (tertiary/aromatic N) is 3. The summed E-state index contributed by atoms with van der Waals surface area (Å²) in [5, 5.41) is 6.43. The normalized spacial score (nSPS) is 11.0. The molecule has 2 aromatic heterocycles. The molecule has 0 saturated carbocycles. The molecular formula is C19H14ClN3. The summed E-state index contributed by atoms with van der Waals surface area (Å²) in [6.07, 6.45) is 0. The van der Waals surface area contributed by atoms with Crippen LogP contribution >= 0.6 is 11.6 Å². The number of halogens is 1. The molecule has 0 atom stereocenters. The molecule has 0 fully saturated rings. The minimum Gasteiger partial charge on any atom is -0.228 e. The standard InChI is InChI=1S/C19H14ClN3/c1-13-17-11-12-18(14-7-9-15(20)10-8-14)21-19(17)23(22-13)16-5-3-2-4-6-16/h2-12H,1H3. The molecular weight excluding hydrogens is 306 g/mol. The Morgan fingerprint density at radius 3 is 2.35 bits per heavy atom. The topological polar surface area (TPSA) is 30.7 Å². The van der Waals surface area contributed by atoms with Crippen LogP contribution < -0.4 is 0 Å². The van der Waals surface area contributed by atoms with E-state index in [1.165, 1.54) is 0 Å². The molecule has 0 radical (unpaired) electrons. The van der Waals surface area contributed by atoms with Crippen LogP contribution in [0.2, 0.25) is 5.02 Å². The van der Waals surface area contributed by atoms with Gasteiger partial charge in [-0.25, -0.2) is 9.67 Å². The first-order chi connectivity index (χ1) is 11.2. The summed E-state index contributed by atoms with van der Waals surface area (Å²) >= 11 is 5.97.